The summed E-state index contributed by atoms with van der Waals surface area (Å²) >= 11 is 15.2. The van der Waals surface area contributed by atoms with Crippen LogP contribution in [0.5, 0.6) is 0 Å². The van der Waals surface area contributed by atoms with E-state index in [4.69, 9.17) is 23.2 Å². The summed E-state index contributed by atoms with van der Waals surface area (Å²) in [6.07, 6.45) is 2.04. The van der Waals surface area contributed by atoms with Gasteiger partial charge in [-0.3, -0.25) is 4.79 Å². The van der Waals surface area contributed by atoms with E-state index >= 15 is 0 Å². The van der Waals surface area contributed by atoms with Gasteiger partial charge in [0.15, 0.2) is 4.34 Å². The van der Waals surface area contributed by atoms with Crippen LogP contribution in [-0.2, 0) is 11.2 Å². The van der Waals surface area contributed by atoms with Gasteiger partial charge in [-0.15, -0.1) is 11.3 Å². The highest BCUT2D eigenvalue weighted by molar-refractivity contribution is 8.01. The molecule has 3 nitrogen and oxygen atoms in total. The number of fused-ring (bicyclic) bond motifs is 1. The molecule has 0 atom stereocenters. The summed E-state index contributed by atoms with van der Waals surface area (Å²) in [5.74, 6) is 0.490. The van der Waals surface area contributed by atoms with E-state index in [2.05, 4.69) is 11.1 Å². The number of thiazole rings is 1. The first kappa shape index (κ1) is 18.8. The zero-order valence-corrected chi connectivity index (χ0v) is 17.5. The van der Waals surface area contributed by atoms with Gasteiger partial charge in [-0.1, -0.05) is 53.2 Å². The molecule has 1 aliphatic rings. The first-order valence-corrected chi connectivity index (χ1v) is 11.2. The molecule has 0 N–H and O–H groups in total. The number of thioether (sulfide) groups is 1. The molecule has 27 heavy (non-hydrogen) atoms. The highest BCUT2D eigenvalue weighted by Gasteiger charge is 2.22. The minimum Gasteiger partial charge on any atom is -0.311 e. The number of amides is 1. The first-order valence-electron chi connectivity index (χ1n) is 8.54. The molecule has 0 saturated heterocycles. The van der Waals surface area contributed by atoms with Crippen LogP contribution in [0.2, 0.25) is 10.0 Å². The Labute approximate surface area is 176 Å². The monoisotopic (exact) mass is 434 g/mol. The van der Waals surface area contributed by atoms with Gasteiger partial charge in [0, 0.05) is 28.2 Å². The van der Waals surface area contributed by atoms with Gasteiger partial charge in [0.2, 0.25) is 5.91 Å². The van der Waals surface area contributed by atoms with Gasteiger partial charge in [-0.2, -0.15) is 0 Å². The fraction of sp³-hybridized carbons (Fsp3) is 0.200. The Bertz CT molecular complexity index is 990. The van der Waals surface area contributed by atoms with E-state index < -0.39 is 0 Å². The maximum absolute atomic E-state index is 12.7. The van der Waals surface area contributed by atoms with Crippen LogP contribution >= 0.6 is 46.3 Å². The molecule has 0 radical (unpaired) electrons. The van der Waals surface area contributed by atoms with Crippen LogP contribution in [0.1, 0.15) is 12.0 Å². The van der Waals surface area contributed by atoms with Crippen molar-refractivity contribution in [2.45, 2.75) is 17.2 Å². The second-order valence-corrected chi connectivity index (χ2v) is 9.11. The number of halogens is 2. The fourth-order valence-electron chi connectivity index (χ4n) is 3.14. The van der Waals surface area contributed by atoms with Crippen molar-refractivity contribution in [3.63, 3.8) is 0 Å². The summed E-state index contributed by atoms with van der Waals surface area (Å²) in [7, 11) is 0. The lowest BCUT2D eigenvalue weighted by atomic mass is 10.0. The Kier molecular flexibility index (Phi) is 5.74. The van der Waals surface area contributed by atoms with E-state index in [1.807, 2.05) is 34.5 Å². The van der Waals surface area contributed by atoms with Crippen LogP contribution in [0.25, 0.3) is 11.3 Å². The molecule has 0 fully saturated rings. The van der Waals surface area contributed by atoms with Gasteiger partial charge in [-0.25, -0.2) is 4.98 Å². The van der Waals surface area contributed by atoms with E-state index in [1.54, 1.807) is 12.1 Å². The number of hydrogen-bond donors (Lipinski definition) is 0. The van der Waals surface area contributed by atoms with E-state index in [1.165, 1.54) is 28.7 Å². The van der Waals surface area contributed by atoms with Gasteiger partial charge in [-0.05, 0) is 42.7 Å². The molecule has 1 aromatic heterocycles. The third-order valence-corrected chi connectivity index (χ3v) is 6.97. The van der Waals surface area contributed by atoms with Crippen molar-refractivity contribution < 1.29 is 4.79 Å². The molecular weight excluding hydrogens is 419 g/mol. The number of anilines is 1. The number of benzene rings is 2. The molecule has 1 aliphatic heterocycles. The average Bonchev–Trinajstić information content (AvgIpc) is 3.14. The average molecular weight is 435 g/mol. The van der Waals surface area contributed by atoms with Crippen LogP contribution in [0.15, 0.2) is 52.2 Å². The highest BCUT2D eigenvalue weighted by atomic mass is 35.5. The Hall–Kier alpha value is -1.53. The van der Waals surface area contributed by atoms with Gasteiger partial charge in [0.25, 0.3) is 0 Å². The molecule has 0 aliphatic carbocycles. The lowest BCUT2D eigenvalue weighted by Gasteiger charge is -2.29. The van der Waals surface area contributed by atoms with Crippen LogP contribution in [-0.4, -0.2) is 23.2 Å². The molecule has 7 heteroatoms. The molecule has 4 rings (SSSR count). The number of nitrogens with zero attached hydrogens (tertiary/aromatic N) is 2. The Morgan fingerprint density at radius 3 is 2.93 bits per heavy atom. The summed E-state index contributed by atoms with van der Waals surface area (Å²) in [6.45, 7) is 0.778. The lowest BCUT2D eigenvalue weighted by molar-refractivity contribution is -0.116. The van der Waals surface area contributed by atoms with Gasteiger partial charge in [0.1, 0.15) is 0 Å². The molecule has 2 heterocycles. The van der Waals surface area contributed by atoms with Crippen LogP contribution < -0.4 is 4.90 Å². The number of carbonyl (C=O) groups is 1. The summed E-state index contributed by atoms with van der Waals surface area (Å²) in [4.78, 5) is 19.3. The zero-order chi connectivity index (χ0) is 18.8. The van der Waals surface area contributed by atoms with Crippen LogP contribution in [0, 0.1) is 0 Å². The van der Waals surface area contributed by atoms with E-state index in [0.717, 1.165) is 40.7 Å². The molecule has 3 aromatic rings. The summed E-state index contributed by atoms with van der Waals surface area (Å²) in [5, 5.41) is 3.13. The van der Waals surface area contributed by atoms with Gasteiger partial charge < -0.3 is 4.90 Å². The maximum atomic E-state index is 12.7. The Morgan fingerprint density at radius 1 is 1.22 bits per heavy atom. The third kappa shape index (κ3) is 4.16. The highest BCUT2D eigenvalue weighted by Crippen LogP contribution is 2.34. The second-order valence-electron chi connectivity index (χ2n) is 6.19. The summed E-state index contributed by atoms with van der Waals surface area (Å²) in [6, 6.07) is 13.5. The predicted molar refractivity (Wildman–Crippen MR) is 115 cm³/mol. The minimum absolute atomic E-state index is 0.119. The van der Waals surface area contributed by atoms with Crippen molar-refractivity contribution in [1.29, 1.82) is 0 Å². The Balaban J connectivity index is 1.44. The van der Waals surface area contributed by atoms with Crippen molar-refractivity contribution >= 4 is 57.9 Å². The van der Waals surface area contributed by atoms with Crippen molar-refractivity contribution in [2.24, 2.45) is 0 Å². The number of carbonyl (C=O) groups excluding carboxylic acids is 1. The molecule has 2 aromatic carbocycles. The van der Waals surface area contributed by atoms with Crippen molar-refractivity contribution in [3.8, 4) is 11.3 Å². The smallest absolute Gasteiger partial charge is 0.237 e. The summed E-state index contributed by atoms with van der Waals surface area (Å²) < 4.78 is 0.856. The number of aryl methyl sites for hydroxylation is 1. The molecule has 138 valence electrons. The minimum atomic E-state index is 0.119. The van der Waals surface area contributed by atoms with Crippen molar-refractivity contribution in [3.05, 3.63) is 63.5 Å². The fourth-order valence-corrected chi connectivity index (χ4v) is 5.35. The zero-order valence-electron chi connectivity index (χ0n) is 14.3. The molecular formula is C20H16Cl2N2OS2. The lowest BCUT2D eigenvalue weighted by Crippen LogP contribution is -2.36. The Morgan fingerprint density at radius 2 is 2.07 bits per heavy atom. The molecule has 0 bridgehead atoms. The molecule has 0 unspecified atom stereocenters. The molecule has 0 saturated carbocycles. The van der Waals surface area contributed by atoms with Crippen molar-refractivity contribution in [2.75, 3.05) is 17.2 Å². The third-order valence-electron chi connectivity index (χ3n) is 4.42. The molecule has 0 spiro atoms. The summed E-state index contributed by atoms with van der Waals surface area (Å²) in [5.41, 5.74) is 3.94. The number of para-hydroxylation sites is 1. The SMILES string of the molecule is O=C(CSc1nc(-c2ccc(Cl)cc2Cl)cs1)N1CCCc2ccccc21. The van der Waals surface area contributed by atoms with E-state index in [-0.39, 0.29) is 5.91 Å². The largest absolute Gasteiger partial charge is 0.311 e. The van der Waals surface area contributed by atoms with E-state index in [0.29, 0.717) is 15.8 Å². The first-order chi connectivity index (χ1) is 13.1. The van der Waals surface area contributed by atoms with Gasteiger partial charge >= 0.3 is 0 Å². The quantitative estimate of drug-likeness (QED) is 0.459. The second kappa shape index (κ2) is 8.23. The van der Waals surface area contributed by atoms with Crippen molar-refractivity contribution in [1.82, 2.24) is 4.98 Å². The maximum Gasteiger partial charge on any atom is 0.237 e. The normalized spacial score (nSPS) is 13.5. The topological polar surface area (TPSA) is 33.2 Å². The number of hydrogen-bond acceptors (Lipinski definition) is 4. The number of rotatable bonds is 4. The standard InChI is InChI=1S/C20H16Cl2N2OS2/c21-14-7-8-15(16(22)10-14)17-11-26-20(23-17)27-12-19(25)24-9-3-5-13-4-1-2-6-18(13)24/h1-2,4,6-8,10-11H,3,5,9,12H2. The molecule has 1 amide bonds. The number of aromatic nitrogens is 1. The van der Waals surface area contributed by atoms with Gasteiger partial charge in [0.05, 0.1) is 16.5 Å². The predicted octanol–water partition coefficient (Wildman–Crippen LogP) is 6.19. The van der Waals surface area contributed by atoms with E-state index in [9.17, 15) is 4.79 Å². The van der Waals surface area contributed by atoms with Crippen LogP contribution in [0.4, 0.5) is 5.69 Å². The van der Waals surface area contributed by atoms with Crippen LogP contribution in [0.3, 0.4) is 0 Å².